The summed E-state index contributed by atoms with van der Waals surface area (Å²) in [7, 11) is 0. The Hall–Kier alpha value is -1.35. The predicted molar refractivity (Wildman–Crippen MR) is 44.7 cm³/mol. The lowest BCUT2D eigenvalue weighted by atomic mass is 10.1. The molecule has 0 amide bonds. The second-order valence-corrected chi connectivity index (χ2v) is 3.42. The van der Waals surface area contributed by atoms with Crippen molar-refractivity contribution in [3.05, 3.63) is 35.4 Å². The van der Waals surface area contributed by atoms with E-state index in [9.17, 15) is 9.90 Å². The van der Waals surface area contributed by atoms with Crippen LogP contribution < -0.4 is 10.0 Å². The zero-order valence-electron chi connectivity index (χ0n) is 7.25. The van der Waals surface area contributed by atoms with Crippen LogP contribution in [0.3, 0.4) is 0 Å². The van der Waals surface area contributed by atoms with E-state index in [4.69, 9.17) is 0 Å². The van der Waals surface area contributed by atoms with Crippen molar-refractivity contribution in [1.82, 2.24) is 0 Å². The minimum absolute atomic E-state index is 0.106. The Kier molecular flexibility index (Phi) is 2.02. The highest BCUT2D eigenvalue weighted by Gasteiger charge is 2.21. The Labute approximate surface area is 76.6 Å². The Morgan fingerprint density at radius 2 is 1.85 bits per heavy atom. The summed E-state index contributed by atoms with van der Waals surface area (Å²) in [5.41, 5.74) is 2.53. The number of carbonyl (C=O) groups excluding carboxylic acids is 1. The number of hydrogen-bond donors (Lipinski definition) is 1. The number of benzene rings is 1. The zero-order chi connectivity index (χ0) is 9.26. The maximum Gasteiger partial charge on any atom is 0.118 e. The fourth-order valence-corrected chi connectivity index (χ4v) is 1.83. The lowest BCUT2D eigenvalue weighted by Gasteiger charge is -2.11. The van der Waals surface area contributed by atoms with Gasteiger partial charge in [-0.05, 0) is 0 Å². The van der Waals surface area contributed by atoms with Crippen molar-refractivity contribution in [2.45, 2.75) is 13.1 Å². The van der Waals surface area contributed by atoms with Gasteiger partial charge in [-0.3, -0.25) is 0 Å². The van der Waals surface area contributed by atoms with Crippen LogP contribution in [0.2, 0.25) is 0 Å². The summed E-state index contributed by atoms with van der Waals surface area (Å²) in [5, 5.41) is 10.4. The smallest absolute Gasteiger partial charge is 0.118 e. The summed E-state index contributed by atoms with van der Waals surface area (Å²) in [6.45, 7) is 1.73. The van der Waals surface area contributed by atoms with E-state index in [2.05, 4.69) is 12.1 Å². The van der Waals surface area contributed by atoms with Crippen LogP contribution in [-0.2, 0) is 17.9 Å². The second kappa shape index (κ2) is 3.18. The van der Waals surface area contributed by atoms with E-state index < -0.39 is 5.97 Å². The number of carboxylic acids is 1. The average molecular weight is 177 g/mol. The molecule has 0 spiro atoms. The van der Waals surface area contributed by atoms with Crippen molar-refractivity contribution in [2.24, 2.45) is 0 Å². The van der Waals surface area contributed by atoms with E-state index >= 15 is 0 Å². The topological polar surface area (TPSA) is 44.6 Å². The van der Waals surface area contributed by atoms with Gasteiger partial charge in [-0.25, -0.2) is 0 Å². The number of rotatable bonds is 2. The van der Waals surface area contributed by atoms with Crippen LogP contribution in [0.1, 0.15) is 11.1 Å². The first-order valence-electron chi connectivity index (χ1n) is 4.36. The van der Waals surface area contributed by atoms with Gasteiger partial charge in [-0.1, -0.05) is 24.3 Å². The number of carboxylic acid groups (broad SMARTS) is 1. The molecule has 1 aliphatic heterocycles. The van der Waals surface area contributed by atoms with Crippen LogP contribution in [-0.4, -0.2) is 12.5 Å². The van der Waals surface area contributed by atoms with E-state index in [1.54, 1.807) is 0 Å². The van der Waals surface area contributed by atoms with Gasteiger partial charge in [-0.15, -0.1) is 0 Å². The highest BCUT2D eigenvalue weighted by Crippen LogP contribution is 2.10. The number of nitrogens with one attached hydrogen (secondary N) is 1. The molecule has 13 heavy (non-hydrogen) atoms. The van der Waals surface area contributed by atoms with Gasteiger partial charge in [0, 0.05) is 11.1 Å². The molecule has 0 aromatic heterocycles. The molecule has 1 aromatic carbocycles. The molecule has 1 heterocycles. The van der Waals surface area contributed by atoms with Crippen LogP contribution in [0, 0.1) is 0 Å². The van der Waals surface area contributed by atoms with E-state index in [-0.39, 0.29) is 6.54 Å². The maximum absolute atomic E-state index is 10.4. The molecule has 0 unspecified atom stereocenters. The van der Waals surface area contributed by atoms with E-state index in [0.717, 1.165) is 18.0 Å². The first-order valence-corrected chi connectivity index (χ1v) is 4.36. The monoisotopic (exact) mass is 177 g/mol. The third-order valence-corrected chi connectivity index (χ3v) is 2.39. The van der Waals surface area contributed by atoms with Crippen molar-refractivity contribution >= 4 is 5.97 Å². The molecule has 3 heteroatoms. The van der Waals surface area contributed by atoms with Crippen LogP contribution in [0.5, 0.6) is 0 Å². The fourth-order valence-electron chi connectivity index (χ4n) is 1.83. The van der Waals surface area contributed by atoms with Crippen LogP contribution >= 0.6 is 0 Å². The van der Waals surface area contributed by atoms with Crippen LogP contribution in [0.15, 0.2) is 24.3 Å². The average Bonchev–Trinajstić information content (AvgIpc) is 2.44. The minimum Gasteiger partial charge on any atom is -0.544 e. The Bertz CT molecular complexity index is 310. The van der Waals surface area contributed by atoms with Gasteiger partial charge in [-0.2, -0.15) is 0 Å². The lowest BCUT2D eigenvalue weighted by molar-refractivity contribution is -0.914. The summed E-state index contributed by atoms with van der Waals surface area (Å²) in [6, 6.07) is 8.08. The molecule has 0 atom stereocenters. The van der Waals surface area contributed by atoms with Gasteiger partial charge < -0.3 is 14.8 Å². The first-order chi connectivity index (χ1) is 6.25. The van der Waals surface area contributed by atoms with Crippen LogP contribution in [0.25, 0.3) is 0 Å². The van der Waals surface area contributed by atoms with Crippen molar-refractivity contribution in [3.63, 3.8) is 0 Å². The number of fused-ring (bicyclic) bond motifs is 1. The highest BCUT2D eigenvalue weighted by atomic mass is 16.4. The van der Waals surface area contributed by atoms with Crippen molar-refractivity contribution < 1.29 is 14.8 Å². The van der Waals surface area contributed by atoms with Gasteiger partial charge in [0.25, 0.3) is 0 Å². The van der Waals surface area contributed by atoms with Gasteiger partial charge >= 0.3 is 0 Å². The first kappa shape index (κ1) is 8.26. The molecule has 0 saturated heterocycles. The summed E-state index contributed by atoms with van der Waals surface area (Å²) >= 11 is 0. The molecule has 1 N–H and O–H groups in total. The van der Waals surface area contributed by atoms with Gasteiger partial charge in [0.05, 0.1) is 5.97 Å². The van der Waals surface area contributed by atoms with Gasteiger partial charge in [0.15, 0.2) is 0 Å². The van der Waals surface area contributed by atoms with Crippen molar-refractivity contribution in [2.75, 3.05) is 6.54 Å². The Morgan fingerprint density at radius 3 is 2.31 bits per heavy atom. The predicted octanol–water partition coefficient (Wildman–Crippen LogP) is -1.66. The molecule has 68 valence electrons. The lowest BCUT2D eigenvalue weighted by Crippen LogP contribution is -3.09. The van der Waals surface area contributed by atoms with Gasteiger partial charge in [0.1, 0.15) is 19.6 Å². The Balaban J connectivity index is 2.09. The number of carbonyl (C=O) groups is 1. The van der Waals surface area contributed by atoms with E-state index in [1.165, 1.54) is 11.1 Å². The molecule has 3 nitrogen and oxygen atoms in total. The Morgan fingerprint density at radius 1 is 1.31 bits per heavy atom. The quantitative estimate of drug-likeness (QED) is 0.587. The van der Waals surface area contributed by atoms with Crippen LogP contribution in [0.4, 0.5) is 0 Å². The summed E-state index contributed by atoms with van der Waals surface area (Å²) in [4.78, 5) is 11.4. The van der Waals surface area contributed by atoms with E-state index in [1.807, 2.05) is 12.1 Å². The van der Waals surface area contributed by atoms with Gasteiger partial charge in [0.2, 0.25) is 0 Å². The molecule has 1 aromatic rings. The molecule has 2 rings (SSSR count). The zero-order valence-corrected chi connectivity index (χ0v) is 7.25. The summed E-state index contributed by atoms with van der Waals surface area (Å²) < 4.78 is 0. The molecular formula is C10H11NO2. The normalized spacial score (nSPS) is 15.7. The fraction of sp³-hybridized carbons (Fsp3) is 0.300. The largest absolute Gasteiger partial charge is 0.544 e. The molecular weight excluding hydrogens is 166 g/mol. The second-order valence-electron chi connectivity index (χ2n) is 3.42. The van der Waals surface area contributed by atoms with Crippen molar-refractivity contribution in [1.29, 1.82) is 0 Å². The molecule has 0 bridgehead atoms. The standard InChI is InChI=1S/C10H11NO2/c12-10(13)7-11-5-8-3-1-2-4-9(8)6-11/h1-4H,5-7H2,(H,12,13). The summed E-state index contributed by atoms with van der Waals surface area (Å²) in [6.07, 6.45) is 0. The SMILES string of the molecule is O=C([O-])C[NH+]1Cc2ccccc2C1. The molecule has 0 aliphatic carbocycles. The maximum atomic E-state index is 10.4. The minimum atomic E-state index is -0.970. The third kappa shape index (κ3) is 1.70. The number of aliphatic carboxylic acids is 1. The number of quaternary nitrogens is 1. The molecule has 0 radical (unpaired) electrons. The molecule has 0 saturated carbocycles. The molecule has 0 fully saturated rings. The third-order valence-electron chi connectivity index (χ3n) is 2.39. The van der Waals surface area contributed by atoms with E-state index in [0.29, 0.717) is 0 Å². The highest BCUT2D eigenvalue weighted by molar-refractivity contribution is 5.65. The van der Waals surface area contributed by atoms with Crippen molar-refractivity contribution in [3.8, 4) is 0 Å². The number of hydrogen-bond acceptors (Lipinski definition) is 2. The molecule has 1 aliphatic rings. The summed E-state index contributed by atoms with van der Waals surface area (Å²) in [5.74, 6) is -0.970.